The van der Waals surface area contributed by atoms with Gasteiger partial charge in [0.25, 0.3) is 0 Å². The molecule has 0 aliphatic carbocycles. The Morgan fingerprint density at radius 1 is 0.741 bits per heavy atom. The summed E-state index contributed by atoms with van der Waals surface area (Å²) in [7, 11) is 0. The number of H-pyrrole nitrogens is 1. The number of aliphatic carboxylic acids is 2. The summed E-state index contributed by atoms with van der Waals surface area (Å²) in [4.78, 5) is 117. The second-order valence-electron chi connectivity index (χ2n) is 14.3. The standard InChI is InChI=1S/C37H55N9O11S/c1-18(2)30(45-33(52)24(12-13-58-5)43-32(51)22(38)14-20-16-40-23-9-7-6-8-21(20)23)35(54)41-17-28(48)42-26(15-29(49)50)34(53)46-31(19(3)4)36(55)44-25(37(56)57)10-11-27(39)47/h6-9,16,18-19,22,24-26,30-31,40H,10-15,17,38H2,1-5H3,(H2,39,47)(H,41,54)(H,42,48)(H,43,51)(H,44,55)(H,45,52)(H,46,53)(H,49,50)(H,56,57). The van der Waals surface area contributed by atoms with Crippen molar-refractivity contribution in [2.75, 3.05) is 18.6 Å². The van der Waals surface area contributed by atoms with Crippen LogP contribution in [0.25, 0.3) is 10.9 Å². The van der Waals surface area contributed by atoms with E-state index in [-0.39, 0.29) is 25.7 Å². The van der Waals surface area contributed by atoms with Crippen molar-refractivity contribution in [1.29, 1.82) is 0 Å². The SMILES string of the molecule is CSCCC(NC(=O)C(N)Cc1c[nH]c2ccccc12)C(=O)NC(C(=O)NCC(=O)NC(CC(=O)O)C(=O)NC(C(=O)NC(CCC(N)=O)C(=O)O)C(C)C)C(C)C. The Labute approximate surface area is 339 Å². The van der Waals surface area contributed by atoms with Crippen LogP contribution in [0.5, 0.6) is 0 Å². The lowest BCUT2D eigenvalue weighted by Crippen LogP contribution is -2.59. The number of amides is 7. The fraction of sp³-hybridized carbons (Fsp3) is 0.541. The Balaban J connectivity index is 2.07. The largest absolute Gasteiger partial charge is 0.481 e. The third-order valence-electron chi connectivity index (χ3n) is 8.94. The quantitative estimate of drug-likeness (QED) is 0.0542. The first kappa shape index (κ1) is 48.4. The second-order valence-corrected chi connectivity index (χ2v) is 15.3. The molecule has 7 amide bonds. The molecule has 0 radical (unpaired) electrons. The number of para-hydroxylation sites is 1. The van der Waals surface area contributed by atoms with E-state index in [1.807, 2.05) is 30.5 Å². The predicted molar refractivity (Wildman–Crippen MR) is 214 cm³/mol. The van der Waals surface area contributed by atoms with E-state index in [0.29, 0.717) is 5.75 Å². The molecule has 1 heterocycles. The van der Waals surface area contributed by atoms with Crippen LogP contribution in [-0.4, -0.2) is 123 Å². The third-order valence-corrected chi connectivity index (χ3v) is 9.58. The van der Waals surface area contributed by atoms with E-state index >= 15 is 0 Å². The highest BCUT2D eigenvalue weighted by Gasteiger charge is 2.34. The zero-order valence-electron chi connectivity index (χ0n) is 33.1. The topological polar surface area (TPSA) is 334 Å². The van der Waals surface area contributed by atoms with Crippen LogP contribution < -0.4 is 43.4 Å². The van der Waals surface area contributed by atoms with Crippen LogP contribution in [0.15, 0.2) is 30.5 Å². The summed E-state index contributed by atoms with van der Waals surface area (Å²) in [5.41, 5.74) is 13.0. The second kappa shape index (κ2) is 23.5. The lowest BCUT2D eigenvalue weighted by molar-refractivity contribution is -0.143. The van der Waals surface area contributed by atoms with Crippen molar-refractivity contribution >= 4 is 76.0 Å². The van der Waals surface area contributed by atoms with Gasteiger partial charge in [-0.3, -0.25) is 38.4 Å². The number of primary amides is 1. The molecular formula is C37H55N9O11S. The molecular weight excluding hydrogens is 779 g/mol. The number of nitrogens with two attached hydrogens (primary N) is 2. The van der Waals surface area contributed by atoms with Crippen molar-refractivity contribution in [1.82, 2.24) is 36.9 Å². The van der Waals surface area contributed by atoms with E-state index in [0.717, 1.165) is 16.5 Å². The first-order valence-electron chi connectivity index (χ1n) is 18.6. The average molecular weight is 834 g/mol. The molecule has 6 atom stereocenters. The maximum Gasteiger partial charge on any atom is 0.326 e. The van der Waals surface area contributed by atoms with Gasteiger partial charge < -0.3 is 58.6 Å². The molecule has 0 fully saturated rings. The summed E-state index contributed by atoms with van der Waals surface area (Å²) in [6, 6.07) is -0.326. The first-order chi connectivity index (χ1) is 27.2. The monoisotopic (exact) mass is 833 g/mol. The lowest BCUT2D eigenvalue weighted by atomic mass is 10.0. The number of hydrogen-bond acceptors (Lipinski definition) is 11. The van der Waals surface area contributed by atoms with Gasteiger partial charge in [-0.2, -0.15) is 11.8 Å². The summed E-state index contributed by atoms with van der Waals surface area (Å²) in [5, 5.41) is 34.2. The summed E-state index contributed by atoms with van der Waals surface area (Å²) in [6.07, 6.45) is 2.42. The van der Waals surface area contributed by atoms with E-state index < -0.39 is 114 Å². The van der Waals surface area contributed by atoms with Crippen molar-refractivity contribution in [3.63, 3.8) is 0 Å². The normalized spacial score (nSPS) is 14.3. The van der Waals surface area contributed by atoms with Gasteiger partial charge in [-0.25, -0.2) is 4.79 Å². The molecule has 320 valence electrons. The predicted octanol–water partition coefficient (Wildman–Crippen LogP) is -1.53. The number of carbonyl (C=O) groups excluding carboxylic acids is 7. The highest BCUT2D eigenvalue weighted by molar-refractivity contribution is 7.98. The van der Waals surface area contributed by atoms with Crippen molar-refractivity contribution in [2.24, 2.45) is 23.3 Å². The van der Waals surface area contributed by atoms with E-state index in [9.17, 15) is 53.4 Å². The van der Waals surface area contributed by atoms with Crippen molar-refractivity contribution in [3.05, 3.63) is 36.0 Å². The lowest BCUT2D eigenvalue weighted by Gasteiger charge is -2.27. The van der Waals surface area contributed by atoms with Crippen LogP contribution in [0.1, 0.15) is 58.9 Å². The van der Waals surface area contributed by atoms with Gasteiger partial charge in [0, 0.05) is 23.5 Å². The van der Waals surface area contributed by atoms with Gasteiger partial charge in [0.1, 0.15) is 30.2 Å². The van der Waals surface area contributed by atoms with Crippen LogP contribution in [0, 0.1) is 11.8 Å². The van der Waals surface area contributed by atoms with Crippen LogP contribution in [0.2, 0.25) is 0 Å². The third kappa shape index (κ3) is 15.7. The fourth-order valence-corrected chi connectivity index (χ4v) is 6.17. The van der Waals surface area contributed by atoms with Crippen LogP contribution >= 0.6 is 11.8 Å². The van der Waals surface area contributed by atoms with Crippen LogP contribution in [-0.2, 0) is 49.6 Å². The van der Waals surface area contributed by atoms with Gasteiger partial charge in [-0.15, -0.1) is 0 Å². The van der Waals surface area contributed by atoms with E-state index in [2.05, 4.69) is 36.9 Å². The highest BCUT2D eigenvalue weighted by Crippen LogP contribution is 2.19. The van der Waals surface area contributed by atoms with Crippen molar-refractivity contribution in [2.45, 2.75) is 96.1 Å². The Kier molecular flexibility index (Phi) is 19.6. The number of carboxylic acid groups (broad SMARTS) is 2. The van der Waals surface area contributed by atoms with Gasteiger partial charge in [0.15, 0.2) is 0 Å². The molecule has 2 aromatic rings. The minimum atomic E-state index is -1.73. The molecule has 21 heteroatoms. The fourth-order valence-electron chi connectivity index (χ4n) is 5.70. The molecule has 0 aliphatic rings. The number of fused-ring (bicyclic) bond motifs is 1. The Bertz CT molecular complexity index is 1800. The smallest absolute Gasteiger partial charge is 0.326 e. The molecule has 0 spiro atoms. The van der Waals surface area contributed by atoms with Gasteiger partial charge in [0.05, 0.1) is 19.0 Å². The number of thioether (sulfide) groups is 1. The first-order valence-corrected chi connectivity index (χ1v) is 20.0. The highest BCUT2D eigenvalue weighted by atomic mass is 32.2. The molecule has 1 aromatic carbocycles. The number of carbonyl (C=O) groups is 9. The molecule has 0 aliphatic heterocycles. The van der Waals surface area contributed by atoms with E-state index in [4.69, 9.17) is 11.5 Å². The summed E-state index contributed by atoms with van der Waals surface area (Å²) in [5.74, 6) is -9.44. The molecule has 20 nitrogen and oxygen atoms in total. The minimum absolute atomic E-state index is 0.196. The Hall–Kier alpha value is -5.70. The average Bonchev–Trinajstić information content (AvgIpc) is 3.56. The van der Waals surface area contributed by atoms with Gasteiger partial charge in [0.2, 0.25) is 41.4 Å². The molecule has 0 bridgehead atoms. The van der Waals surface area contributed by atoms with E-state index in [1.165, 1.54) is 25.6 Å². The van der Waals surface area contributed by atoms with Crippen molar-refractivity contribution < 1.29 is 53.4 Å². The Morgan fingerprint density at radius 3 is 1.90 bits per heavy atom. The number of hydrogen-bond donors (Lipinski definition) is 11. The molecule has 58 heavy (non-hydrogen) atoms. The molecule has 1 aromatic heterocycles. The molecule has 0 saturated heterocycles. The molecule has 0 saturated carbocycles. The van der Waals surface area contributed by atoms with Gasteiger partial charge in [-0.05, 0) is 54.7 Å². The maximum absolute atomic E-state index is 13.5. The number of rotatable bonds is 25. The van der Waals surface area contributed by atoms with Crippen LogP contribution in [0.4, 0.5) is 0 Å². The molecule has 2 rings (SSSR count). The van der Waals surface area contributed by atoms with Gasteiger partial charge in [-0.1, -0.05) is 45.9 Å². The summed E-state index contributed by atoms with van der Waals surface area (Å²) < 4.78 is 0. The number of aromatic nitrogens is 1. The number of aromatic amines is 1. The Morgan fingerprint density at radius 2 is 1.33 bits per heavy atom. The minimum Gasteiger partial charge on any atom is -0.481 e. The van der Waals surface area contributed by atoms with Crippen LogP contribution in [0.3, 0.4) is 0 Å². The number of nitrogens with one attached hydrogen (secondary N) is 7. The zero-order chi connectivity index (χ0) is 43.7. The van der Waals surface area contributed by atoms with Gasteiger partial charge >= 0.3 is 11.9 Å². The maximum atomic E-state index is 13.5. The van der Waals surface area contributed by atoms with E-state index in [1.54, 1.807) is 20.0 Å². The molecule has 6 unspecified atom stereocenters. The zero-order valence-corrected chi connectivity index (χ0v) is 33.9. The molecule has 13 N–H and O–H groups in total. The number of benzene rings is 1. The van der Waals surface area contributed by atoms with Crippen molar-refractivity contribution in [3.8, 4) is 0 Å². The summed E-state index contributed by atoms with van der Waals surface area (Å²) in [6.45, 7) is 5.58. The summed E-state index contributed by atoms with van der Waals surface area (Å²) >= 11 is 1.44. The number of carboxylic acids is 2.